The monoisotopic (exact) mass is 248 g/mol. The molecule has 0 saturated carbocycles. The van der Waals surface area contributed by atoms with Gasteiger partial charge in [0.1, 0.15) is 0 Å². The summed E-state index contributed by atoms with van der Waals surface area (Å²) in [7, 11) is 0. The molecule has 0 bridgehead atoms. The fourth-order valence-electron chi connectivity index (χ4n) is 1.93. The highest BCUT2D eigenvalue weighted by Crippen LogP contribution is 2.32. The van der Waals surface area contributed by atoms with E-state index in [2.05, 4.69) is 45.1 Å². The number of nitrogens with two attached hydrogens (primary N) is 1. The number of carbonyl (C=O) groups excluding carboxylic acids is 1. The van der Waals surface area contributed by atoms with Crippen LogP contribution in [0.2, 0.25) is 0 Å². The van der Waals surface area contributed by atoms with Crippen LogP contribution in [0, 0.1) is 0 Å². The van der Waals surface area contributed by atoms with Gasteiger partial charge in [-0.15, -0.1) is 0 Å². The molecule has 18 heavy (non-hydrogen) atoms. The van der Waals surface area contributed by atoms with Gasteiger partial charge in [-0.3, -0.25) is 4.79 Å². The molecule has 1 atom stereocenters. The molecule has 0 heterocycles. The number of amides is 1. The Morgan fingerprint density at radius 2 is 1.50 bits per heavy atom. The second kappa shape index (κ2) is 6.01. The smallest absolute Gasteiger partial charge is 0.241 e. The second-order valence-corrected chi connectivity index (χ2v) is 5.40. The topological polar surface area (TPSA) is 55.1 Å². The number of nitrogens with one attached hydrogen (secondary N) is 1. The first kappa shape index (κ1) is 14.7. The first-order valence-electron chi connectivity index (χ1n) is 6.53. The third-order valence-corrected chi connectivity index (χ3v) is 3.03. The van der Waals surface area contributed by atoms with Crippen LogP contribution in [-0.4, -0.2) is 11.9 Å². The maximum Gasteiger partial charge on any atom is 0.241 e. The fourth-order valence-corrected chi connectivity index (χ4v) is 1.93. The van der Waals surface area contributed by atoms with Crippen molar-refractivity contribution < 1.29 is 4.79 Å². The number of carbonyl (C=O) groups is 1. The van der Waals surface area contributed by atoms with Gasteiger partial charge >= 0.3 is 0 Å². The average molecular weight is 248 g/mol. The van der Waals surface area contributed by atoms with Crippen LogP contribution >= 0.6 is 0 Å². The van der Waals surface area contributed by atoms with E-state index in [1.807, 2.05) is 6.07 Å². The average Bonchev–Trinajstić information content (AvgIpc) is 2.28. The summed E-state index contributed by atoms with van der Waals surface area (Å²) in [5.74, 6) is 0.601. The summed E-state index contributed by atoms with van der Waals surface area (Å²) in [6.45, 7) is 10.2. The van der Waals surface area contributed by atoms with Gasteiger partial charge in [-0.25, -0.2) is 0 Å². The summed E-state index contributed by atoms with van der Waals surface area (Å²) in [5.41, 5.74) is 8.88. The SMILES string of the molecule is CC(C)c1cccc(C(C)C)c1NC(=O)[C@H](C)N. The van der Waals surface area contributed by atoms with Gasteiger partial charge in [0.05, 0.1) is 6.04 Å². The minimum Gasteiger partial charge on any atom is -0.324 e. The van der Waals surface area contributed by atoms with E-state index in [-0.39, 0.29) is 5.91 Å². The van der Waals surface area contributed by atoms with Gasteiger partial charge < -0.3 is 11.1 Å². The molecule has 0 spiro atoms. The molecule has 1 aromatic rings. The highest BCUT2D eigenvalue weighted by atomic mass is 16.2. The summed E-state index contributed by atoms with van der Waals surface area (Å²) in [4.78, 5) is 11.8. The molecule has 1 rings (SSSR count). The lowest BCUT2D eigenvalue weighted by molar-refractivity contribution is -0.117. The van der Waals surface area contributed by atoms with Crippen LogP contribution in [0.4, 0.5) is 5.69 Å². The summed E-state index contributed by atoms with van der Waals surface area (Å²) in [6, 6.07) is 5.68. The fraction of sp³-hybridized carbons (Fsp3) is 0.533. The summed E-state index contributed by atoms with van der Waals surface area (Å²) < 4.78 is 0. The molecule has 0 unspecified atom stereocenters. The maximum atomic E-state index is 11.8. The molecular weight excluding hydrogens is 224 g/mol. The Kier molecular flexibility index (Phi) is 4.91. The van der Waals surface area contributed by atoms with Gasteiger partial charge in [0.2, 0.25) is 5.91 Å². The van der Waals surface area contributed by atoms with E-state index in [1.54, 1.807) is 6.92 Å². The van der Waals surface area contributed by atoms with Gasteiger partial charge in [0, 0.05) is 5.69 Å². The highest BCUT2D eigenvalue weighted by Gasteiger charge is 2.17. The lowest BCUT2D eigenvalue weighted by Crippen LogP contribution is -2.33. The first-order chi connectivity index (χ1) is 8.34. The van der Waals surface area contributed by atoms with E-state index in [0.29, 0.717) is 11.8 Å². The molecule has 0 saturated heterocycles. The quantitative estimate of drug-likeness (QED) is 0.859. The number of benzene rings is 1. The Balaban J connectivity index is 3.23. The lowest BCUT2D eigenvalue weighted by atomic mass is 9.92. The van der Waals surface area contributed by atoms with Crippen molar-refractivity contribution in [3.63, 3.8) is 0 Å². The Morgan fingerprint density at radius 3 is 1.83 bits per heavy atom. The van der Waals surface area contributed by atoms with Crippen LogP contribution in [-0.2, 0) is 4.79 Å². The van der Waals surface area contributed by atoms with Crippen LogP contribution in [0.1, 0.15) is 57.6 Å². The zero-order valence-electron chi connectivity index (χ0n) is 11.9. The normalized spacial score (nSPS) is 12.9. The van der Waals surface area contributed by atoms with Crippen LogP contribution < -0.4 is 11.1 Å². The van der Waals surface area contributed by atoms with Crippen molar-refractivity contribution in [1.82, 2.24) is 0 Å². The number of hydrogen-bond donors (Lipinski definition) is 2. The van der Waals surface area contributed by atoms with Crippen molar-refractivity contribution >= 4 is 11.6 Å². The molecule has 0 aromatic heterocycles. The third-order valence-electron chi connectivity index (χ3n) is 3.03. The van der Waals surface area contributed by atoms with E-state index >= 15 is 0 Å². The van der Waals surface area contributed by atoms with E-state index in [1.165, 1.54) is 0 Å². The minimum atomic E-state index is -0.495. The van der Waals surface area contributed by atoms with Crippen LogP contribution in [0.3, 0.4) is 0 Å². The van der Waals surface area contributed by atoms with Crippen LogP contribution in [0.15, 0.2) is 18.2 Å². The summed E-state index contributed by atoms with van der Waals surface area (Å²) in [6.07, 6.45) is 0. The van der Waals surface area contributed by atoms with Crippen LogP contribution in [0.5, 0.6) is 0 Å². The van der Waals surface area contributed by atoms with Crippen LogP contribution in [0.25, 0.3) is 0 Å². The summed E-state index contributed by atoms with van der Waals surface area (Å²) >= 11 is 0. The van der Waals surface area contributed by atoms with Crippen molar-refractivity contribution in [2.24, 2.45) is 5.73 Å². The predicted octanol–water partition coefficient (Wildman–Crippen LogP) is 3.22. The van der Waals surface area contributed by atoms with E-state index in [9.17, 15) is 4.79 Å². The Bertz CT molecular complexity index is 396. The largest absolute Gasteiger partial charge is 0.324 e. The van der Waals surface area contributed by atoms with Gasteiger partial charge in [-0.2, -0.15) is 0 Å². The molecule has 1 aromatic carbocycles. The minimum absolute atomic E-state index is 0.134. The Morgan fingerprint density at radius 1 is 1.06 bits per heavy atom. The molecule has 100 valence electrons. The number of rotatable bonds is 4. The Labute approximate surface area is 110 Å². The van der Waals surface area contributed by atoms with Crippen molar-refractivity contribution in [3.8, 4) is 0 Å². The van der Waals surface area contributed by atoms with E-state index in [4.69, 9.17) is 5.73 Å². The highest BCUT2D eigenvalue weighted by molar-refractivity contribution is 5.96. The molecule has 0 aliphatic heterocycles. The summed E-state index contributed by atoms with van der Waals surface area (Å²) in [5, 5.41) is 2.98. The molecule has 1 amide bonds. The zero-order valence-corrected chi connectivity index (χ0v) is 11.9. The van der Waals surface area contributed by atoms with Gasteiger partial charge in [-0.05, 0) is 29.9 Å². The van der Waals surface area contributed by atoms with Crippen molar-refractivity contribution in [1.29, 1.82) is 0 Å². The number of hydrogen-bond acceptors (Lipinski definition) is 2. The van der Waals surface area contributed by atoms with Crippen molar-refractivity contribution in [2.75, 3.05) is 5.32 Å². The molecular formula is C15H24N2O. The Hall–Kier alpha value is -1.35. The molecule has 3 N–H and O–H groups in total. The standard InChI is InChI=1S/C15H24N2O/c1-9(2)12-7-6-8-13(10(3)4)14(12)17-15(18)11(5)16/h6-11H,16H2,1-5H3,(H,17,18)/t11-/m0/s1. The van der Waals surface area contributed by atoms with Crippen molar-refractivity contribution in [3.05, 3.63) is 29.3 Å². The maximum absolute atomic E-state index is 11.8. The molecule has 0 aliphatic rings. The molecule has 3 nitrogen and oxygen atoms in total. The number of anilines is 1. The molecule has 0 radical (unpaired) electrons. The van der Waals surface area contributed by atoms with Gasteiger partial charge in [0.25, 0.3) is 0 Å². The zero-order chi connectivity index (χ0) is 13.9. The van der Waals surface area contributed by atoms with Gasteiger partial charge in [0.15, 0.2) is 0 Å². The van der Waals surface area contributed by atoms with E-state index < -0.39 is 6.04 Å². The third kappa shape index (κ3) is 3.33. The molecule has 0 fully saturated rings. The van der Waals surface area contributed by atoms with Crippen molar-refractivity contribution in [2.45, 2.75) is 52.5 Å². The second-order valence-electron chi connectivity index (χ2n) is 5.40. The van der Waals surface area contributed by atoms with E-state index in [0.717, 1.165) is 16.8 Å². The molecule has 0 aliphatic carbocycles. The molecule has 3 heteroatoms. The van der Waals surface area contributed by atoms with Gasteiger partial charge in [-0.1, -0.05) is 45.9 Å². The number of para-hydroxylation sites is 1. The first-order valence-corrected chi connectivity index (χ1v) is 6.53. The predicted molar refractivity (Wildman–Crippen MR) is 76.9 cm³/mol. The lowest BCUT2D eigenvalue weighted by Gasteiger charge is -2.20.